The summed E-state index contributed by atoms with van der Waals surface area (Å²) in [5, 5.41) is 3.20. The van der Waals surface area contributed by atoms with Crippen LogP contribution in [0.2, 0.25) is 0 Å². The minimum atomic E-state index is -0.465. The van der Waals surface area contributed by atoms with Gasteiger partial charge in [-0.3, -0.25) is 9.59 Å². The van der Waals surface area contributed by atoms with Crippen LogP contribution >= 0.6 is 11.8 Å². The van der Waals surface area contributed by atoms with E-state index in [2.05, 4.69) is 48.6 Å². The normalized spacial score (nSPS) is 15.2. The molecule has 4 nitrogen and oxygen atoms in total. The molecule has 5 heteroatoms. The number of hydrogen-bond donors (Lipinski definition) is 1. The first-order chi connectivity index (χ1) is 15.5. The SMILES string of the molecule is Cc1ccc(CSCC(=O)N(CCc2ccccc2)[C@H](C)C(=O)NC2CCCCC2)cc1. The van der Waals surface area contributed by atoms with E-state index in [4.69, 9.17) is 0 Å². The van der Waals surface area contributed by atoms with E-state index in [9.17, 15) is 9.59 Å². The number of carbonyl (C=O) groups is 2. The van der Waals surface area contributed by atoms with Gasteiger partial charge in [-0.25, -0.2) is 0 Å². The molecule has 1 atom stereocenters. The molecule has 3 rings (SSSR count). The fourth-order valence-corrected chi connectivity index (χ4v) is 5.03. The number of rotatable bonds is 10. The minimum absolute atomic E-state index is 0.0261. The second kappa shape index (κ2) is 12.7. The molecule has 32 heavy (non-hydrogen) atoms. The monoisotopic (exact) mass is 452 g/mol. The van der Waals surface area contributed by atoms with Crippen molar-refractivity contribution >= 4 is 23.6 Å². The van der Waals surface area contributed by atoms with Crippen LogP contribution in [0.25, 0.3) is 0 Å². The molecule has 0 aromatic heterocycles. The van der Waals surface area contributed by atoms with Crippen molar-refractivity contribution in [2.45, 2.75) is 70.2 Å². The Kier molecular flexibility index (Phi) is 9.66. The van der Waals surface area contributed by atoms with Crippen molar-refractivity contribution in [3.8, 4) is 0 Å². The third kappa shape index (κ3) is 7.70. The van der Waals surface area contributed by atoms with Crippen molar-refractivity contribution in [1.82, 2.24) is 10.2 Å². The zero-order chi connectivity index (χ0) is 22.8. The quantitative estimate of drug-likeness (QED) is 0.543. The lowest BCUT2D eigenvalue weighted by Crippen LogP contribution is -2.51. The average molecular weight is 453 g/mol. The van der Waals surface area contributed by atoms with Gasteiger partial charge in [-0.2, -0.15) is 0 Å². The Balaban J connectivity index is 1.59. The van der Waals surface area contributed by atoms with Gasteiger partial charge in [0.15, 0.2) is 0 Å². The van der Waals surface area contributed by atoms with Crippen molar-refractivity contribution in [3.05, 3.63) is 71.3 Å². The number of nitrogens with one attached hydrogen (secondary N) is 1. The summed E-state index contributed by atoms with van der Waals surface area (Å²) < 4.78 is 0. The molecule has 2 aromatic rings. The van der Waals surface area contributed by atoms with Gasteiger partial charge >= 0.3 is 0 Å². The first-order valence-electron chi connectivity index (χ1n) is 11.8. The first-order valence-corrected chi connectivity index (χ1v) is 13.0. The summed E-state index contributed by atoms with van der Waals surface area (Å²) in [6, 6.07) is 18.4. The molecule has 2 aromatic carbocycles. The number of amides is 2. The molecule has 1 fully saturated rings. The summed E-state index contributed by atoms with van der Waals surface area (Å²) >= 11 is 1.61. The van der Waals surface area contributed by atoms with Crippen LogP contribution < -0.4 is 5.32 Å². The molecule has 1 aliphatic rings. The van der Waals surface area contributed by atoms with Crippen molar-refractivity contribution in [2.24, 2.45) is 0 Å². The Morgan fingerprint density at radius 2 is 1.69 bits per heavy atom. The third-order valence-corrected chi connectivity index (χ3v) is 7.21. The molecule has 0 bridgehead atoms. The van der Waals surface area contributed by atoms with Crippen molar-refractivity contribution in [3.63, 3.8) is 0 Å². The summed E-state index contributed by atoms with van der Waals surface area (Å²) in [4.78, 5) is 27.9. The lowest BCUT2D eigenvalue weighted by atomic mass is 9.95. The molecule has 2 amide bonds. The number of carbonyl (C=O) groups excluding carboxylic acids is 2. The van der Waals surface area contributed by atoms with Crippen molar-refractivity contribution in [1.29, 1.82) is 0 Å². The van der Waals surface area contributed by atoms with E-state index in [1.54, 1.807) is 16.7 Å². The molecular weight excluding hydrogens is 416 g/mol. The smallest absolute Gasteiger partial charge is 0.242 e. The van der Waals surface area contributed by atoms with Gasteiger partial charge in [0.05, 0.1) is 5.75 Å². The maximum absolute atomic E-state index is 13.2. The van der Waals surface area contributed by atoms with Gasteiger partial charge in [-0.1, -0.05) is 79.4 Å². The standard InChI is InChI=1S/C27H36N2O2S/c1-21-13-15-24(16-14-21)19-32-20-26(30)29(18-17-23-9-5-3-6-10-23)22(2)27(31)28-25-11-7-4-8-12-25/h3,5-6,9-10,13-16,22,25H,4,7-8,11-12,17-20H2,1-2H3,(H,28,31)/t22-/m1/s1. The molecule has 0 saturated heterocycles. The second-order valence-electron chi connectivity index (χ2n) is 8.82. The maximum Gasteiger partial charge on any atom is 0.242 e. The van der Waals surface area contributed by atoms with E-state index in [-0.39, 0.29) is 17.9 Å². The lowest BCUT2D eigenvalue weighted by Gasteiger charge is -2.31. The summed E-state index contributed by atoms with van der Waals surface area (Å²) in [6.07, 6.45) is 6.43. The Morgan fingerprint density at radius 3 is 2.38 bits per heavy atom. The van der Waals surface area contributed by atoms with Gasteiger partial charge in [-0.15, -0.1) is 11.8 Å². The summed E-state index contributed by atoms with van der Waals surface area (Å²) in [5.74, 6) is 1.18. The highest BCUT2D eigenvalue weighted by Gasteiger charge is 2.27. The molecule has 0 unspecified atom stereocenters. The van der Waals surface area contributed by atoms with E-state index >= 15 is 0 Å². The van der Waals surface area contributed by atoms with Crippen molar-refractivity contribution < 1.29 is 9.59 Å². The maximum atomic E-state index is 13.2. The van der Waals surface area contributed by atoms with E-state index < -0.39 is 6.04 Å². The van der Waals surface area contributed by atoms with E-state index in [0.29, 0.717) is 12.3 Å². The Bertz CT molecular complexity index is 848. The number of thioether (sulfide) groups is 1. The molecule has 1 saturated carbocycles. The van der Waals surface area contributed by atoms with Gasteiger partial charge in [0.2, 0.25) is 11.8 Å². The van der Waals surface area contributed by atoms with E-state index in [0.717, 1.165) is 25.0 Å². The minimum Gasteiger partial charge on any atom is -0.352 e. The van der Waals surface area contributed by atoms with Crippen LogP contribution in [-0.2, 0) is 21.8 Å². The van der Waals surface area contributed by atoms with Gasteiger partial charge < -0.3 is 10.2 Å². The van der Waals surface area contributed by atoms with Gasteiger partial charge in [0, 0.05) is 18.3 Å². The number of benzene rings is 2. The van der Waals surface area contributed by atoms with Gasteiger partial charge in [0.1, 0.15) is 6.04 Å². The highest BCUT2D eigenvalue weighted by Crippen LogP contribution is 2.19. The number of aryl methyl sites for hydroxylation is 1. The van der Waals surface area contributed by atoms with E-state index in [1.807, 2.05) is 25.1 Å². The molecule has 0 heterocycles. The number of nitrogens with zero attached hydrogens (tertiary/aromatic N) is 1. The van der Waals surface area contributed by atoms with Crippen LogP contribution in [0.3, 0.4) is 0 Å². The zero-order valence-corrected chi connectivity index (χ0v) is 20.2. The Morgan fingerprint density at radius 1 is 1.00 bits per heavy atom. The van der Waals surface area contributed by atoms with Crippen LogP contribution in [0.15, 0.2) is 54.6 Å². The number of hydrogen-bond acceptors (Lipinski definition) is 3. The van der Waals surface area contributed by atoms with E-state index in [1.165, 1.54) is 36.0 Å². The summed E-state index contributed by atoms with van der Waals surface area (Å²) in [6.45, 7) is 4.49. The van der Waals surface area contributed by atoms with Crippen LogP contribution in [0, 0.1) is 6.92 Å². The van der Waals surface area contributed by atoms with Crippen LogP contribution in [0.1, 0.15) is 55.7 Å². The highest BCUT2D eigenvalue weighted by atomic mass is 32.2. The molecule has 1 N–H and O–H groups in total. The predicted molar refractivity (Wildman–Crippen MR) is 134 cm³/mol. The largest absolute Gasteiger partial charge is 0.352 e. The molecule has 172 valence electrons. The topological polar surface area (TPSA) is 49.4 Å². The fraction of sp³-hybridized carbons (Fsp3) is 0.481. The van der Waals surface area contributed by atoms with Crippen LogP contribution in [-0.4, -0.2) is 41.1 Å². The second-order valence-corrected chi connectivity index (χ2v) is 9.81. The third-order valence-electron chi connectivity index (χ3n) is 6.22. The lowest BCUT2D eigenvalue weighted by molar-refractivity contribution is -0.138. The molecular formula is C27H36N2O2S. The Hall–Kier alpha value is -2.27. The van der Waals surface area contributed by atoms with Crippen LogP contribution in [0.5, 0.6) is 0 Å². The summed E-state index contributed by atoms with van der Waals surface area (Å²) in [7, 11) is 0. The predicted octanol–water partition coefficient (Wildman–Crippen LogP) is 5.14. The molecule has 0 radical (unpaired) electrons. The first kappa shape index (κ1) is 24.4. The average Bonchev–Trinajstić information content (AvgIpc) is 2.81. The van der Waals surface area contributed by atoms with Gasteiger partial charge in [0.25, 0.3) is 0 Å². The van der Waals surface area contributed by atoms with Crippen molar-refractivity contribution in [2.75, 3.05) is 12.3 Å². The Labute approximate surface area is 197 Å². The van der Waals surface area contributed by atoms with Crippen LogP contribution in [0.4, 0.5) is 0 Å². The highest BCUT2D eigenvalue weighted by molar-refractivity contribution is 7.99. The zero-order valence-electron chi connectivity index (χ0n) is 19.4. The molecule has 0 spiro atoms. The molecule has 1 aliphatic carbocycles. The molecule has 0 aliphatic heterocycles. The fourth-order valence-electron chi connectivity index (χ4n) is 4.16. The van der Waals surface area contributed by atoms with Gasteiger partial charge in [-0.05, 0) is 44.2 Å². The summed E-state index contributed by atoms with van der Waals surface area (Å²) in [5.41, 5.74) is 3.63.